The molecule has 1 N–H and O–H groups in total. The first-order valence-corrected chi connectivity index (χ1v) is 11.4. The number of amides is 1. The van der Waals surface area contributed by atoms with Gasteiger partial charge in [0.15, 0.2) is 5.78 Å². The molecule has 2 aliphatic heterocycles. The highest BCUT2D eigenvalue weighted by molar-refractivity contribution is 6.30. The summed E-state index contributed by atoms with van der Waals surface area (Å²) in [4.78, 5) is 42.0. The van der Waals surface area contributed by atoms with Crippen molar-refractivity contribution in [3.63, 3.8) is 0 Å². The lowest BCUT2D eigenvalue weighted by Gasteiger charge is -2.41. The van der Waals surface area contributed by atoms with Crippen LogP contribution in [0.4, 0.5) is 5.69 Å². The Balaban J connectivity index is 1.63. The minimum atomic E-state index is -0.984. The van der Waals surface area contributed by atoms with Crippen LogP contribution in [0.25, 0.3) is 0 Å². The summed E-state index contributed by atoms with van der Waals surface area (Å²) in [6.07, 6.45) is 0.473. The van der Waals surface area contributed by atoms with Gasteiger partial charge in [0.25, 0.3) is 0 Å². The normalized spacial score (nSPS) is 28.0. The Morgan fingerprint density at radius 2 is 1.75 bits per heavy atom. The van der Waals surface area contributed by atoms with Crippen LogP contribution in [-0.2, 0) is 19.1 Å². The van der Waals surface area contributed by atoms with Gasteiger partial charge in [-0.3, -0.25) is 24.6 Å². The molecule has 0 bridgehead atoms. The number of ether oxygens (including phenoxy) is 1. The summed E-state index contributed by atoms with van der Waals surface area (Å²) < 4.78 is 5.35. The van der Waals surface area contributed by atoms with Crippen LogP contribution in [0.5, 0.6) is 0 Å². The number of Topliss-reactive ketones (excluding diaryl/α,β-unsaturated/α-hetero) is 1. The molecule has 0 aromatic heterocycles. The van der Waals surface area contributed by atoms with Gasteiger partial charge in [0.2, 0.25) is 5.91 Å². The lowest BCUT2D eigenvalue weighted by Crippen LogP contribution is -2.61. The standard InChI is InChI=1S/C25H25ClN2O4/c1-3-32-23(30)20-18(15-6-8-16(26)9-7-15)19-21(29)25(12-13-25)24(31)28(22(19)27-20)17-10-4-14(2)5-11-17/h4-11,18-20,22,27H,3,12-13H2,1-2H3/t18-,19+,20?,22-/m1/s1. The third-order valence-electron chi connectivity index (χ3n) is 6.97. The van der Waals surface area contributed by atoms with E-state index >= 15 is 0 Å². The number of nitrogens with one attached hydrogen (secondary N) is 1. The van der Waals surface area contributed by atoms with Crippen molar-refractivity contribution in [2.24, 2.45) is 11.3 Å². The fourth-order valence-corrected chi connectivity index (χ4v) is 5.34. The smallest absolute Gasteiger partial charge is 0.323 e. The van der Waals surface area contributed by atoms with Crippen molar-refractivity contribution in [3.05, 3.63) is 64.7 Å². The molecule has 3 fully saturated rings. The van der Waals surface area contributed by atoms with E-state index in [-0.39, 0.29) is 18.3 Å². The molecular formula is C25H25ClN2O4. The van der Waals surface area contributed by atoms with Crippen molar-refractivity contribution in [2.75, 3.05) is 11.5 Å². The van der Waals surface area contributed by atoms with Gasteiger partial charge in [-0.2, -0.15) is 0 Å². The van der Waals surface area contributed by atoms with Crippen molar-refractivity contribution in [3.8, 4) is 0 Å². The largest absolute Gasteiger partial charge is 0.465 e. The Morgan fingerprint density at radius 1 is 1.09 bits per heavy atom. The predicted molar refractivity (Wildman–Crippen MR) is 120 cm³/mol. The third-order valence-corrected chi connectivity index (χ3v) is 7.23. The highest BCUT2D eigenvalue weighted by atomic mass is 35.5. The number of nitrogens with zero attached hydrogens (tertiary/aromatic N) is 1. The molecule has 2 saturated heterocycles. The first kappa shape index (κ1) is 21.2. The van der Waals surface area contributed by atoms with Crippen LogP contribution in [0, 0.1) is 18.3 Å². The van der Waals surface area contributed by atoms with Crippen LogP contribution in [0.3, 0.4) is 0 Å². The summed E-state index contributed by atoms with van der Waals surface area (Å²) in [6, 6.07) is 14.2. The molecule has 6 nitrogen and oxygen atoms in total. The van der Waals surface area contributed by atoms with Crippen LogP contribution in [0.1, 0.15) is 36.8 Å². The number of halogens is 1. The molecule has 2 aromatic rings. The first-order chi connectivity index (χ1) is 15.4. The quantitative estimate of drug-likeness (QED) is 0.566. The number of hydrogen-bond donors (Lipinski definition) is 1. The van der Waals surface area contributed by atoms with Gasteiger partial charge in [-0.25, -0.2) is 0 Å². The summed E-state index contributed by atoms with van der Waals surface area (Å²) in [5.41, 5.74) is 1.65. The van der Waals surface area contributed by atoms with Gasteiger partial charge >= 0.3 is 5.97 Å². The van der Waals surface area contributed by atoms with Gasteiger partial charge in [-0.15, -0.1) is 0 Å². The Kier molecular flexibility index (Phi) is 5.10. The monoisotopic (exact) mass is 452 g/mol. The lowest BCUT2D eigenvalue weighted by molar-refractivity contribution is -0.145. The maximum absolute atomic E-state index is 13.7. The van der Waals surface area contributed by atoms with E-state index < -0.39 is 35.4 Å². The Labute approximate surface area is 191 Å². The van der Waals surface area contributed by atoms with Crippen molar-refractivity contribution < 1.29 is 19.1 Å². The van der Waals surface area contributed by atoms with Gasteiger partial charge in [0, 0.05) is 16.6 Å². The Bertz CT molecular complexity index is 1080. The fraction of sp³-hybridized carbons (Fsp3) is 0.400. The summed E-state index contributed by atoms with van der Waals surface area (Å²) in [5.74, 6) is -1.69. The molecule has 2 aromatic carbocycles. The van der Waals surface area contributed by atoms with E-state index in [0.29, 0.717) is 17.9 Å². The summed E-state index contributed by atoms with van der Waals surface area (Å²) >= 11 is 6.10. The van der Waals surface area contributed by atoms with Crippen LogP contribution in [-0.4, -0.2) is 36.5 Å². The average Bonchev–Trinajstić information content (AvgIpc) is 3.49. The number of ketones is 1. The number of rotatable bonds is 4. The van der Waals surface area contributed by atoms with E-state index in [1.54, 1.807) is 24.0 Å². The Morgan fingerprint density at radius 3 is 2.34 bits per heavy atom. The molecular weight excluding hydrogens is 428 g/mol. The zero-order valence-corrected chi connectivity index (χ0v) is 18.8. The molecule has 1 aliphatic carbocycles. The second-order valence-corrected chi connectivity index (χ2v) is 9.34. The van der Waals surface area contributed by atoms with Gasteiger partial charge in [-0.05, 0) is 56.5 Å². The summed E-state index contributed by atoms with van der Waals surface area (Å²) in [5, 5.41) is 3.88. The minimum Gasteiger partial charge on any atom is -0.465 e. The van der Waals surface area contributed by atoms with Crippen molar-refractivity contribution >= 4 is 34.9 Å². The number of fused-ring (bicyclic) bond motifs is 1. The molecule has 0 radical (unpaired) electrons. The molecule has 4 atom stereocenters. The van der Waals surface area contributed by atoms with E-state index in [2.05, 4.69) is 5.32 Å². The topological polar surface area (TPSA) is 75.7 Å². The number of carbonyl (C=O) groups excluding carboxylic acids is 3. The summed E-state index contributed by atoms with van der Waals surface area (Å²) in [7, 11) is 0. The third kappa shape index (κ3) is 3.16. The van der Waals surface area contributed by atoms with E-state index in [9.17, 15) is 14.4 Å². The predicted octanol–water partition coefficient (Wildman–Crippen LogP) is 3.61. The average molecular weight is 453 g/mol. The minimum absolute atomic E-state index is 0.0740. The number of aryl methyl sites for hydroxylation is 1. The highest BCUT2D eigenvalue weighted by Crippen LogP contribution is 2.57. The van der Waals surface area contributed by atoms with Gasteiger partial charge in [0.05, 0.1) is 18.7 Å². The number of benzene rings is 2. The molecule has 2 heterocycles. The van der Waals surface area contributed by atoms with E-state index in [1.807, 2.05) is 43.3 Å². The fourth-order valence-electron chi connectivity index (χ4n) is 5.22. The molecule has 32 heavy (non-hydrogen) atoms. The first-order valence-electron chi connectivity index (χ1n) is 11.0. The molecule has 7 heteroatoms. The van der Waals surface area contributed by atoms with E-state index in [4.69, 9.17) is 16.3 Å². The second-order valence-electron chi connectivity index (χ2n) is 8.90. The molecule has 5 rings (SSSR count). The van der Waals surface area contributed by atoms with Crippen LogP contribution in [0.2, 0.25) is 5.02 Å². The number of anilines is 1. The number of hydrogen-bond acceptors (Lipinski definition) is 5. The van der Waals surface area contributed by atoms with Crippen molar-refractivity contribution in [2.45, 2.75) is 44.8 Å². The maximum Gasteiger partial charge on any atom is 0.323 e. The van der Waals surface area contributed by atoms with E-state index in [0.717, 1.165) is 16.8 Å². The van der Waals surface area contributed by atoms with Crippen molar-refractivity contribution in [1.29, 1.82) is 0 Å². The van der Waals surface area contributed by atoms with Gasteiger partial charge in [-0.1, -0.05) is 41.4 Å². The number of esters is 1. The van der Waals surface area contributed by atoms with E-state index in [1.165, 1.54) is 0 Å². The zero-order chi connectivity index (χ0) is 22.6. The molecule has 166 valence electrons. The highest BCUT2D eigenvalue weighted by Gasteiger charge is 2.69. The molecule has 3 aliphatic rings. The number of carbonyl (C=O) groups is 3. The zero-order valence-electron chi connectivity index (χ0n) is 18.0. The molecule has 1 saturated carbocycles. The molecule has 1 unspecified atom stereocenters. The maximum atomic E-state index is 13.7. The SMILES string of the molecule is CCOC(=O)C1N[C@H]2[C@H](C(=O)C3(CC3)C(=O)N2c2ccc(C)cc2)[C@H]1c1ccc(Cl)cc1. The summed E-state index contributed by atoms with van der Waals surface area (Å²) in [6.45, 7) is 3.97. The molecule has 1 amide bonds. The van der Waals surface area contributed by atoms with Crippen LogP contribution < -0.4 is 10.2 Å². The van der Waals surface area contributed by atoms with Crippen molar-refractivity contribution in [1.82, 2.24) is 5.32 Å². The van der Waals surface area contributed by atoms with Gasteiger partial charge < -0.3 is 4.74 Å². The number of piperidine rings is 1. The second kappa shape index (κ2) is 7.71. The lowest BCUT2D eigenvalue weighted by atomic mass is 9.73. The molecule has 1 spiro atoms. The van der Waals surface area contributed by atoms with Crippen LogP contribution in [0.15, 0.2) is 48.5 Å². The van der Waals surface area contributed by atoms with Crippen LogP contribution >= 0.6 is 11.6 Å². The van der Waals surface area contributed by atoms with Gasteiger partial charge in [0.1, 0.15) is 11.5 Å². The Hall–Kier alpha value is -2.70.